The Morgan fingerprint density at radius 3 is 2.25 bits per heavy atom. The van der Waals surface area contributed by atoms with Gasteiger partial charge in [0.2, 0.25) is 0 Å². The van der Waals surface area contributed by atoms with Gasteiger partial charge in [0, 0.05) is 50.3 Å². The Kier molecular flexibility index (Phi) is 7.89. The number of hydrogen-bond donors (Lipinski definition) is 1. The maximum Gasteiger partial charge on any atom is 0.278 e. The van der Waals surface area contributed by atoms with E-state index in [0.29, 0.717) is 29.9 Å². The summed E-state index contributed by atoms with van der Waals surface area (Å²) in [5.41, 5.74) is 3.01. The molecule has 2 aromatic carbocycles. The maximum absolute atomic E-state index is 13.3. The number of para-hydroxylation sites is 1. The third kappa shape index (κ3) is 4.78. The van der Waals surface area contributed by atoms with Crippen molar-refractivity contribution in [1.82, 2.24) is 4.90 Å². The van der Waals surface area contributed by atoms with Crippen LogP contribution < -0.4 is 15.0 Å². The summed E-state index contributed by atoms with van der Waals surface area (Å²) in [5.74, 6) is -0.142. The minimum atomic E-state index is -0.347. The number of hydrogen-bond acceptors (Lipinski definition) is 6. The molecule has 0 radical (unpaired) electrons. The largest absolute Gasteiger partial charge is 0.496 e. The lowest BCUT2D eigenvalue weighted by atomic mass is 10.0. The second-order valence-corrected chi connectivity index (χ2v) is 7.40. The molecule has 1 N–H and O–H groups in total. The van der Waals surface area contributed by atoms with Crippen LogP contribution >= 0.6 is 0 Å². The fourth-order valence-corrected chi connectivity index (χ4v) is 3.85. The molecule has 7 heteroatoms. The van der Waals surface area contributed by atoms with E-state index in [2.05, 4.69) is 24.1 Å². The highest BCUT2D eigenvalue weighted by Gasteiger charge is 2.39. The molecule has 0 bridgehead atoms. The number of amides is 2. The molecule has 1 aliphatic heterocycles. The van der Waals surface area contributed by atoms with Gasteiger partial charge in [-0.25, -0.2) is 0 Å². The van der Waals surface area contributed by atoms with Crippen molar-refractivity contribution in [3.63, 3.8) is 0 Å². The first kappa shape index (κ1) is 23.3. The summed E-state index contributed by atoms with van der Waals surface area (Å²) in [5, 5.41) is 3.21. The van der Waals surface area contributed by atoms with Crippen molar-refractivity contribution in [1.29, 1.82) is 0 Å². The molecule has 0 saturated heterocycles. The van der Waals surface area contributed by atoms with Crippen molar-refractivity contribution >= 4 is 28.8 Å². The number of nitrogens with one attached hydrogen (secondary N) is 1. The van der Waals surface area contributed by atoms with Gasteiger partial charge in [-0.15, -0.1) is 0 Å². The van der Waals surface area contributed by atoms with Crippen LogP contribution in [0.4, 0.5) is 11.4 Å². The molecule has 0 aromatic heterocycles. The molecule has 0 atom stereocenters. The number of ether oxygens (including phenoxy) is 2. The predicted octanol–water partition coefficient (Wildman–Crippen LogP) is 3.77. The van der Waals surface area contributed by atoms with Crippen molar-refractivity contribution in [3.05, 3.63) is 59.8 Å². The zero-order chi connectivity index (χ0) is 23.1. The summed E-state index contributed by atoms with van der Waals surface area (Å²) >= 11 is 0. The van der Waals surface area contributed by atoms with E-state index < -0.39 is 0 Å². The molecule has 7 nitrogen and oxygen atoms in total. The zero-order valence-corrected chi connectivity index (χ0v) is 19.2. The van der Waals surface area contributed by atoms with Crippen molar-refractivity contribution in [2.45, 2.75) is 20.3 Å². The number of methoxy groups -OCH3 is 2. The number of anilines is 2. The van der Waals surface area contributed by atoms with Crippen LogP contribution in [0.15, 0.2) is 54.2 Å². The predicted molar refractivity (Wildman–Crippen MR) is 127 cm³/mol. The second kappa shape index (κ2) is 10.8. The van der Waals surface area contributed by atoms with E-state index >= 15 is 0 Å². The summed E-state index contributed by atoms with van der Waals surface area (Å²) in [6, 6.07) is 15.1. The lowest BCUT2D eigenvalue weighted by Gasteiger charge is -2.21. The molecule has 170 valence electrons. The SMILES string of the molecule is CCN(CC)c1ccc(NC2=C(c3ccccc3OC)C(=O)N(CCCOC)C2=O)cc1. The number of nitrogens with zero attached hydrogens (tertiary/aromatic N) is 2. The summed E-state index contributed by atoms with van der Waals surface area (Å²) in [6.07, 6.45) is 0.568. The lowest BCUT2D eigenvalue weighted by molar-refractivity contribution is -0.137. The van der Waals surface area contributed by atoms with Gasteiger partial charge in [0.25, 0.3) is 11.8 Å². The topological polar surface area (TPSA) is 71.1 Å². The summed E-state index contributed by atoms with van der Waals surface area (Å²) in [7, 11) is 3.15. The van der Waals surface area contributed by atoms with Crippen LogP contribution in [0.1, 0.15) is 25.8 Å². The average Bonchev–Trinajstić information content (AvgIpc) is 3.05. The van der Waals surface area contributed by atoms with Gasteiger partial charge in [-0.2, -0.15) is 0 Å². The number of rotatable bonds is 11. The van der Waals surface area contributed by atoms with Crippen molar-refractivity contribution in [2.24, 2.45) is 0 Å². The Bertz CT molecular complexity index is 981. The van der Waals surface area contributed by atoms with Crippen LogP contribution in [-0.2, 0) is 14.3 Å². The first-order chi connectivity index (χ1) is 15.5. The van der Waals surface area contributed by atoms with Gasteiger partial charge in [0.15, 0.2) is 0 Å². The van der Waals surface area contributed by atoms with E-state index in [9.17, 15) is 9.59 Å². The molecule has 2 amide bonds. The van der Waals surface area contributed by atoms with Gasteiger partial charge >= 0.3 is 0 Å². The second-order valence-electron chi connectivity index (χ2n) is 7.40. The average molecular weight is 438 g/mol. The number of benzene rings is 2. The minimum Gasteiger partial charge on any atom is -0.496 e. The van der Waals surface area contributed by atoms with Crippen molar-refractivity contribution in [2.75, 3.05) is 50.7 Å². The van der Waals surface area contributed by atoms with E-state index in [1.54, 1.807) is 26.4 Å². The molecule has 3 rings (SSSR count). The Labute approximate surface area is 189 Å². The standard InChI is InChI=1S/C25H31N3O4/c1-5-27(6-2)19-14-12-18(13-15-19)26-23-22(20-10-7-8-11-21(20)32-4)24(29)28(25(23)30)16-9-17-31-3/h7-8,10-15,26H,5-6,9,16-17H2,1-4H3. The van der Waals surface area contributed by atoms with E-state index in [4.69, 9.17) is 9.47 Å². The van der Waals surface area contributed by atoms with Gasteiger partial charge in [0.05, 0.1) is 12.7 Å². The highest BCUT2D eigenvalue weighted by Crippen LogP contribution is 2.35. The molecule has 0 unspecified atom stereocenters. The first-order valence-electron chi connectivity index (χ1n) is 10.9. The van der Waals surface area contributed by atoms with Crippen molar-refractivity contribution in [3.8, 4) is 5.75 Å². The number of carbonyl (C=O) groups is 2. The summed E-state index contributed by atoms with van der Waals surface area (Å²) in [6.45, 7) is 6.81. The smallest absolute Gasteiger partial charge is 0.278 e. The monoisotopic (exact) mass is 437 g/mol. The molecule has 0 saturated carbocycles. The van der Waals surface area contributed by atoms with Crippen LogP contribution in [0.25, 0.3) is 5.57 Å². The van der Waals surface area contributed by atoms with Gasteiger partial charge < -0.3 is 19.7 Å². The van der Waals surface area contributed by atoms with Crippen LogP contribution in [0.3, 0.4) is 0 Å². The van der Waals surface area contributed by atoms with Crippen LogP contribution in [-0.4, -0.2) is 57.2 Å². The summed E-state index contributed by atoms with van der Waals surface area (Å²) in [4.78, 5) is 30.1. The third-order valence-corrected chi connectivity index (χ3v) is 5.54. The normalized spacial score (nSPS) is 13.7. The van der Waals surface area contributed by atoms with E-state index in [1.807, 2.05) is 36.4 Å². The minimum absolute atomic E-state index is 0.257. The number of carbonyl (C=O) groups excluding carboxylic acids is 2. The van der Waals surface area contributed by atoms with E-state index in [-0.39, 0.29) is 24.1 Å². The van der Waals surface area contributed by atoms with Gasteiger partial charge in [-0.3, -0.25) is 14.5 Å². The van der Waals surface area contributed by atoms with Crippen LogP contribution in [0, 0.1) is 0 Å². The molecule has 0 spiro atoms. The third-order valence-electron chi connectivity index (χ3n) is 5.54. The quantitative estimate of drug-likeness (QED) is 0.426. The van der Waals surface area contributed by atoms with Gasteiger partial charge in [-0.05, 0) is 50.6 Å². The van der Waals surface area contributed by atoms with Crippen LogP contribution in [0.2, 0.25) is 0 Å². The highest BCUT2D eigenvalue weighted by molar-refractivity contribution is 6.37. The number of imide groups is 1. The molecule has 0 aliphatic carbocycles. The Balaban J connectivity index is 1.98. The van der Waals surface area contributed by atoms with Crippen LogP contribution in [0.5, 0.6) is 5.75 Å². The van der Waals surface area contributed by atoms with Gasteiger partial charge in [0.1, 0.15) is 11.4 Å². The van der Waals surface area contributed by atoms with Gasteiger partial charge in [-0.1, -0.05) is 18.2 Å². The molecular formula is C25H31N3O4. The molecule has 32 heavy (non-hydrogen) atoms. The lowest BCUT2D eigenvalue weighted by Crippen LogP contribution is -2.33. The Morgan fingerprint density at radius 2 is 1.62 bits per heavy atom. The molecule has 1 heterocycles. The first-order valence-corrected chi connectivity index (χ1v) is 10.9. The maximum atomic E-state index is 13.3. The zero-order valence-electron chi connectivity index (χ0n) is 19.2. The molecule has 2 aromatic rings. The fraction of sp³-hybridized carbons (Fsp3) is 0.360. The Hall–Kier alpha value is -3.32. The fourth-order valence-electron chi connectivity index (χ4n) is 3.85. The molecular weight excluding hydrogens is 406 g/mol. The van der Waals surface area contributed by atoms with E-state index in [0.717, 1.165) is 24.5 Å². The molecule has 0 fully saturated rings. The highest BCUT2D eigenvalue weighted by atomic mass is 16.5. The molecule has 1 aliphatic rings. The van der Waals surface area contributed by atoms with Crippen molar-refractivity contribution < 1.29 is 19.1 Å². The van der Waals surface area contributed by atoms with E-state index in [1.165, 1.54) is 4.90 Å². The Morgan fingerprint density at radius 1 is 0.938 bits per heavy atom. The summed E-state index contributed by atoms with van der Waals surface area (Å²) < 4.78 is 10.6.